The fraction of sp³-hybridized carbons (Fsp3) is 0.286. The summed E-state index contributed by atoms with van der Waals surface area (Å²) in [5.41, 5.74) is 7.48. The summed E-state index contributed by atoms with van der Waals surface area (Å²) in [6, 6.07) is 7.87. The minimum atomic E-state index is 0.103. The zero-order valence-electron chi connectivity index (χ0n) is 11.9. The molecule has 0 aliphatic rings. The van der Waals surface area contributed by atoms with Crippen LogP contribution >= 0.6 is 15.9 Å². The summed E-state index contributed by atoms with van der Waals surface area (Å²) < 4.78 is 6.07. The van der Waals surface area contributed by atoms with E-state index in [0.29, 0.717) is 23.9 Å². The first-order valence-corrected chi connectivity index (χ1v) is 7.28. The van der Waals surface area contributed by atoms with Crippen LogP contribution in [0.2, 0.25) is 0 Å². The molecular weight excluding hydrogens is 334 g/mol. The van der Waals surface area contributed by atoms with E-state index in [9.17, 15) is 0 Å². The highest BCUT2D eigenvalue weighted by molar-refractivity contribution is 9.10. The molecule has 0 amide bonds. The molecule has 0 aliphatic carbocycles. The molecule has 1 heterocycles. The summed E-state index contributed by atoms with van der Waals surface area (Å²) >= 11 is 3.43. The molecule has 2 rings (SSSR count). The van der Waals surface area contributed by atoms with E-state index in [0.717, 1.165) is 10.2 Å². The van der Waals surface area contributed by atoms with Crippen molar-refractivity contribution < 1.29 is 4.74 Å². The molecule has 21 heavy (non-hydrogen) atoms. The summed E-state index contributed by atoms with van der Waals surface area (Å²) in [6.07, 6.45) is 1.47. The Kier molecular flexibility index (Phi) is 5.35. The molecule has 0 spiro atoms. The van der Waals surface area contributed by atoms with E-state index in [-0.39, 0.29) is 6.04 Å². The maximum Gasteiger partial charge on any atom is 0.159 e. The van der Waals surface area contributed by atoms with Crippen LogP contribution in [-0.4, -0.2) is 29.7 Å². The van der Waals surface area contributed by atoms with Crippen LogP contribution in [0.3, 0.4) is 0 Å². The van der Waals surface area contributed by atoms with Gasteiger partial charge in [-0.15, -0.1) is 0 Å². The standard InChI is InChI=1S/C14H18BrN5O/c1-9(7-21-2)19-13-12(16)14(18-8-17-13)20-11-5-3-4-10(15)6-11/h3-6,8-9H,7,16H2,1-2H3,(H2,17,18,19,20). The molecule has 0 aliphatic heterocycles. The van der Waals surface area contributed by atoms with E-state index < -0.39 is 0 Å². The van der Waals surface area contributed by atoms with Gasteiger partial charge in [-0.25, -0.2) is 9.97 Å². The van der Waals surface area contributed by atoms with Gasteiger partial charge in [0, 0.05) is 23.3 Å². The highest BCUT2D eigenvalue weighted by atomic mass is 79.9. The summed E-state index contributed by atoms with van der Waals surface area (Å²) in [4.78, 5) is 8.35. The van der Waals surface area contributed by atoms with Crippen LogP contribution < -0.4 is 16.4 Å². The van der Waals surface area contributed by atoms with Gasteiger partial charge >= 0.3 is 0 Å². The van der Waals surface area contributed by atoms with E-state index >= 15 is 0 Å². The van der Waals surface area contributed by atoms with Crippen molar-refractivity contribution in [3.8, 4) is 0 Å². The van der Waals surface area contributed by atoms with Gasteiger partial charge in [-0.2, -0.15) is 0 Å². The number of nitrogens with two attached hydrogens (primary N) is 1. The molecule has 1 atom stereocenters. The van der Waals surface area contributed by atoms with Crippen molar-refractivity contribution in [2.24, 2.45) is 0 Å². The largest absolute Gasteiger partial charge is 0.393 e. The first-order valence-electron chi connectivity index (χ1n) is 6.48. The predicted octanol–water partition coefficient (Wildman–Crippen LogP) is 3.01. The van der Waals surface area contributed by atoms with E-state index in [1.807, 2.05) is 31.2 Å². The van der Waals surface area contributed by atoms with Crippen LogP contribution in [-0.2, 0) is 4.74 Å². The van der Waals surface area contributed by atoms with Crippen LogP contribution in [0, 0.1) is 0 Å². The Morgan fingerprint density at radius 3 is 2.81 bits per heavy atom. The van der Waals surface area contributed by atoms with Crippen molar-refractivity contribution in [2.45, 2.75) is 13.0 Å². The number of halogens is 1. The van der Waals surface area contributed by atoms with Gasteiger partial charge in [0.15, 0.2) is 11.6 Å². The molecular formula is C14H18BrN5O. The number of aromatic nitrogens is 2. The lowest BCUT2D eigenvalue weighted by molar-refractivity contribution is 0.190. The fourth-order valence-electron chi connectivity index (χ4n) is 1.84. The first-order chi connectivity index (χ1) is 10.1. The van der Waals surface area contributed by atoms with E-state index in [1.165, 1.54) is 6.33 Å². The molecule has 0 saturated heterocycles. The molecule has 1 aromatic heterocycles. The summed E-state index contributed by atoms with van der Waals surface area (Å²) in [6.45, 7) is 2.56. The minimum absolute atomic E-state index is 0.103. The second kappa shape index (κ2) is 7.24. The Balaban J connectivity index is 2.17. The maximum absolute atomic E-state index is 6.11. The topological polar surface area (TPSA) is 85.1 Å². The monoisotopic (exact) mass is 351 g/mol. The van der Waals surface area contributed by atoms with Crippen molar-refractivity contribution >= 4 is 38.9 Å². The van der Waals surface area contributed by atoms with Crippen molar-refractivity contribution in [3.63, 3.8) is 0 Å². The lowest BCUT2D eigenvalue weighted by Crippen LogP contribution is -2.22. The van der Waals surface area contributed by atoms with Crippen molar-refractivity contribution in [2.75, 3.05) is 30.1 Å². The molecule has 4 N–H and O–H groups in total. The van der Waals surface area contributed by atoms with Gasteiger partial charge in [0.25, 0.3) is 0 Å². The SMILES string of the molecule is COCC(C)Nc1ncnc(Nc2cccc(Br)c2)c1N. The number of ether oxygens (including phenoxy) is 1. The predicted molar refractivity (Wildman–Crippen MR) is 88.8 cm³/mol. The second-order valence-corrected chi connectivity index (χ2v) is 5.54. The lowest BCUT2D eigenvalue weighted by atomic mass is 10.3. The Morgan fingerprint density at radius 2 is 2.10 bits per heavy atom. The number of nitrogen functional groups attached to an aromatic ring is 1. The van der Waals surface area contributed by atoms with Crippen molar-refractivity contribution in [1.82, 2.24) is 9.97 Å². The number of rotatable bonds is 6. The minimum Gasteiger partial charge on any atom is -0.393 e. The highest BCUT2D eigenvalue weighted by Gasteiger charge is 2.10. The van der Waals surface area contributed by atoms with Crippen LogP contribution in [0.5, 0.6) is 0 Å². The maximum atomic E-state index is 6.11. The third-order valence-electron chi connectivity index (χ3n) is 2.77. The van der Waals surface area contributed by atoms with Gasteiger partial charge in [0.2, 0.25) is 0 Å². The molecule has 0 bridgehead atoms. The van der Waals surface area contributed by atoms with E-state index in [2.05, 4.69) is 36.5 Å². The number of benzene rings is 1. The molecule has 1 aromatic carbocycles. The van der Waals surface area contributed by atoms with Crippen LogP contribution in [0.15, 0.2) is 35.1 Å². The van der Waals surface area contributed by atoms with E-state index in [1.54, 1.807) is 7.11 Å². The number of anilines is 4. The Morgan fingerprint density at radius 1 is 1.33 bits per heavy atom. The summed E-state index contributed by atoms with van der Waals surface area (Å²) in [5.74, 6) is 1.15. The molecule has 0 radical (unpaired) electrons. The van der Waals surface area contributed by atoms with Gasteiger partial charge < -0.3 is 21.1 Å². The van der Waals surface area contributed by atoms with Crippen LogP contribution in [0.1, 0.15) is 6.92 Å². The summed E-state index contributed by atoms with van der Waals surface area (Å²) in [5, 5.41) is 6.38. The molecule has 0 saturated carbocycles. The Hall–Kier alpha value is -1.86. The van der Waals surface area contributed by atoms with Gasteiger partial charge in [0.05, 0.1) is 6.61 Å². The molecule has 6 nitrogen and oxygen atoms in total. The average Bonchev–Trinajstić information content (AvgIpc) is 2.44. The number of nitrogens with zero attached hydrogens (tertiary/aromatic N) is 2. The zero-order chi connectivity index (χ0) is 15.2. The molecule has 0 fully saturated rings. The quantitative estimate of drug-likeness (QED) is 0.741. The smallest absolute Gasteiger partial charge is 0.159 e. The fourth-order valence-corrected chi connectivity index (χ4v) is 2.24. The number of hydrogen-bond donors (Lipinski definition) is 3. The van der Waals surface area contributed by atoms with Crippen molar-refractivity contribution in [1.29, 1.82) is 0 Å². The average molecular weight is 352 g/mol. The van der Waals surface area contributed by atoms with Gasteiger partial charge in [-0.3, -0.25) is 0 Å². The van der Waals surface area contributed by atoms with Crippen LogP contribution in [0.4, 0.5) is 23.0 Å². The van der Waals surface area contributed by atoms with E-state index in [4.69, 9.17) is 10.5 Å². The Labute approximate surface area is 132 Å². The third kappa shape index (κ3) is 4.30. The number of methoxy groups -OCH3 is 1. The third-order valence-corrected chi connectivity index (χ3v) is 3.26. The summed E-state index contributed by atoms with van der Waals surface area (Å²) in [7, 11) is 1.65. The molecule has 112 valence electrons. The van der Waals surface area contributed by atoms with Crippen LogP contribution in [0.25, 0.3) is 0 Å². The number of nitrogens with one attached hydrogen (secondary N) is 2. The normalized spacial score (nSPS) is 12.0. The molecule has 2 aromatic rings. The highest BCUT2D eigenvalue weighted by Crippen LogP contribution is 2.27. The van der Waals surface area contributed by atoms with Gasteiger partial charge in [0.1, 0.15) is 12.0 Å². The molecule has 1 unspecified atom stereocenters. The second-order valence-electron chi connectivity index (χ2n) is 4.62. The zero-order valence-corrected chi connectivity index (χ0v) is 13.5. The number of hydrogen-bond acceptors (Lipinski definition) is 6. The van der Waals surface area contributed by atoms with Gasteiger partial charge in [-0.1, -0.05) is 22.0 Å². The van der Waals surface area contributed by atoms with Crippen molar-refractivity contribution in [3.05, 3.63) is 35.1 Å². The first kappa shape index (κ1) is 15.5. The Bertz CT molecular complexity index is 608. The lowest BCUT2D eigenvalue weighted by Gasteiger charge is -2.16. The van der Waals surface area contributed by atoms with Gasteiger partial charge in [-0.05, 0) is 25.1 Å². The molecule has 7 heteroatoms.